The van der Waals surface area contributed by atoms with Gasteiger partial charge in [-0.25, -0.2) is 4.39 Å². The highest BCUT2D eigenvalue weighted by Crippen LogP contribution is 2.24. The van der Waals surface area contributed by atoms with Crippen molar-refractivity contribution in [2.75, 3.05) is 23.7 Å². The predicted molar refractivity (Wildman–Crippen MR) is 109 cm³/mol. The van der Waals surface area contributed by atoms with Gasteiger partial charge in [0.1, 0.15) is 5.82 Å². The van der Waals surface area contributed by atoms with E-state index in [2.05, 4.69) is 10.6 Å². The minimum absolute atomic E-state index is 0.0149. The fourth-order valence-electron chi connectivity index (χ4n) is 3.31. The van der Waals surface area contributed by atoms with Crippen LogP contribution >= 0.6 is 11.6 Å². The van der Waals surface area contributed by atoms with E-state index in [1.807, 2.05) is 42.2 Å². The monoisotopic (exact) mass is 403 g/mol. The summed E-state index contributed by atoms with van der Waals surface area (Å²) in [7, 11) is 0. The minimum Gasteiger partial charge on any atom is -0.326 e. The third kappa shape index (κ3) is 5.09. The number of piperidine rings is 1. The average Bonchev–Trinajstić information content (AvgIpc) is 2.70. The Kier molecular flexibility index (Phi) is 6.65. The maximum atomic E-state index is 13.1. The van der Waals surface area contributed by atoms with Gasteiger partial charge >= 0.3 is 0 Å². The van der Waals surface area contributed by atoms with E-state index in [4.69, 9.17) is 11.6 Å². The minimum atomic E-state index is -0.452. The van der Waals surface area contributed by atoms with Gasteiger partial charge in [0.15, 0.2) is 0 Å². The Balaban J connectivity index is 1.51. The van der Waals surface area contributed by atoms with Crippen LogP contribution in [0.3, 0.4) is 0 Å². The molecule has 0 radical (unpaired) electrons. The number of nitrogens with zero attached hydrogens (tertiary/aromatic N) is 1. The fraction of sp³-hybridized carbons (Fsp3) is 0.333. The van der Waals surface area contributed by atoms with Gasteiger partial charge < -0.3 is 10.6 Å². The molecule has 3 rings (SSSR count). The van der Waals surface area contributed by atoms with Gasteiger partial charge in [-0.3, -0.25) is 14.5 Å². The van der Waals surface area contributed by atoms with Gasteiger partial charge in [0.2, 0.25) is 11.8 Å². The number of halogens is 2. The molecule has 5 nitrogen and oxygen atoms in total. The maximum Gasteiger partial charge on any atom is 0.241 e. The quantitative estimate of drug-likeness (QED) is 0.788. The summed E-state index contributed by atoms with van der Waals surface area (Å²) in [6.07, 6.45) is 1.38. The lowest BCUT2D eigenvalue weighted by molar-refractivity contribution is -0.123. The first-order valence-corrected chi connectivity index (χ1v) is 9.67. The number of amides is 2. The van der Waals surface area contributed by atoms with Gasteiger partial charge in [0, 0.05) is 11.6 Å². The number of nitrogens with one attached hydrogen (secondary N) is 2. The molecule has 1 fully saturated rings. The number of likely N-dealkylation sites (tertiary alicyclic amines) is 1. The Labute approximate surface area is 168 Å². The van der Waals surface area contributed by atoms with Crippen molar-refractivity contribution in [3.05, 3.63) is 59.4 Å². The molecule has 0 unspecified atom stereocenters. The lowest BCUT2D eigenvalue weighted by Gasteiger charge is -2.34. The lowest BCUT2D eigenvalue weighted by atomic mass is 9.94. The molecule has 0 spiro atoms. The molecule has 0 saturated carbocycles. The largest absolute Gasteiger partial charge is 0.326 e. The van der Waals surface area contributed by atoms with Gasteiger partial charge in [0.05, 0.1) is 16.8 Å². The van der Waals surface area contributed by atoms with Crippen LogP contribution in [0.15, 0.2) is 48.5 Å². The number of hydrogen-bond acceptors (Lipinski definition) is 3. The first-order valence-electron chi connectivity index (χ1n) is 9.30. The molecule has 2 amide bonds. The third-order valence-corrected chi connectivity index (χ3v) is 5.37. The molecule has 1 saturated heterocycles. The summed E-state index contributed by atoms with van der Waals surface area (Å²) in [6, 6.07) is 12.9. The summed E-state index contributed by atoms with van der Waals surface area (Å²) >= 11 is 5.97. The van der Waals surface area contributed by atoms with E-state index in [1.54, 1.807) is 0 Å². The Morgan fingerprint density at radius 2 is 1.79 bits per heavy atom. The molecule has 1 aliphatic heterocycles. The molecule has 2 aromatic rings. The van der Waals surface area contributed by atoms with E-state index in [1.165, 1.54) is 18.2 Å². The average molecular weight is 404 g/mol. The van der Waals surface area contributed by atoms with Gasteiger partial charge in [-0.05, 0) is 63.2 Å². The van der Waals surface area contributed by atoms with Crippen LogP contribution in [0.25, 0.3) is 0 Å². The van der Waals surface area contributed by atoms with Gasteiger partial charge in [-0.15, -0.1) is 0 Å². The van der Waals surface area contributed by atoms with Crippen LogP contribution < -0.4 is 10.6 Å². The van der Waals surface area contributed by atoms with Crippen molar-refractivity contribution < 1.29 is 14.0 Å². The molecule has 28 heavy (non-hydrogen) atoms. The zero-order chi connectivity index (χ0) is 20.1. The first-order chi connectivity index (χ1) is 13.4. The van der Waals surface area contributed by atoms with E-state index in [0.29, 0.717) is 31.6 Å². The molecule has 0 aromatic heterocycles. The molecule has 7 heteroatoms. The molecule has 2 aromatic carbocycles. The molecule has 1 atom stereocenters. The smallest absolute Gasteiger partial charge is 0.241 e. The van der Waals surface area contributed by atoms with Crippen molar-refractivity contribution in [2.24, 2.45) is 5.92 Å². The zero-order valence-corrected chi connectivity index (χ0v) is 16.4. The van der Waals surface area contributed by atoms with Crippen molar-refractivity contribution in [1.82, 2.24) is 4.90 Å². The first kappa shape index (κ1) is 20.3. The number of carbonyl (C=O) groups excluding carboxylic acids is 2. The Morgan fingerprint density at radius 3 is 2.43 bits per heavy atom. The number of anilines is 2. The molecule has 0 bridgehead atoms. The van der Waals surface area contributed by atoms with Crippen LogP contribution in [-0.4, -0.2) is 35.8 Å². The molecule has 2 N–H and O–H groups in total. The summed E-state index contributed by atoms with van der Waals surface area (Å²) in [5, 5.41) is 5.85. The van der Waals surface area contributed by atoms with Crippen LogP contribution in [0.5, 0.6) is 0 Å². The van der Waals surface area contributed by atoms with Crippen molar-refractivity contribution in [3.8, 4) is 0 Å². The summed E-state index contributed by atoms with van der Waals surface area (Å²) in [4.78, 5) is 27.0. The van der Waals surface area contributed by atoms with Gasteiger partial charge in [-0.2, -0.15) is 0 Å². The second-order valence-corrected chi connectivity index (χ2v) is 7.36. The number of benzene rings is 2. The van der Waals surface area contributed by atoms with Crippen LogP contribution in [0.4, 0.5) is 15.8 Å². The second kappa shape index (κ2) is 9.17. The third-order valence-electron chi connectivity index (χ3n) is 5.06. The molecule has 1 heterocycles. The highest BCUT2D eigenvalue weighted by molar-refractivity contribution is 6.33. The van der Waals surface area contributed by atoms with Gasteiger partial charge in [0.25, 0.3) is 0 Å². The number of para-hydroxylation sites is 1. The number of carbonyl (C=O) groups is 2. The van der Waals surface area contributed by atoms with E-state index in [-0.39, 0.29) is 28.8 Å². The topological polar surface area (TPSA) is 61.4 Å². The Morgan fingerprint density at radius 1 is 1.11 bits per heavy atom. The normalized spacial score (nSPS) is 16.4. The van der Waals surface area contributed by atoms with Crippen molar-refractivity contribution in [1.29, 1.82) is 0 Å². The maximum absolute atomic E-state index is 13.1. The lowest BCUT2D eigenvalue weighted by Crippen LogP contribution is -2.47. The van der Waals surface area contributed by atoms with Gasteiger partial charge in [-0.1, -0.05) is 29.8 Å². The van der Waals surface area contributed by atoms with E-state index in [9.17, 15) is 14.0 Å². The SMILES string of the molecule is C[C@H](C(=O)Nc1ccc(F)cc1Cl)N1CCC(C(=O)Nc2ccccc2)CC1. The van der Waals surface area contributed by atoms with Crippen LogP contribution in [0.1, 0.15) is 19.8 Å². The molecule has 148 valence electrons. The van der Waals surface area contributed by atoms with Crippen LogP contribution in [-0.2, 0) is 9.59 Å². The predicted octanol–water partition coefficient (Wildman–Crippen LogP) is 4.16. The molecular weight excluding hydrogens is 381 g/mol. The van der Waals surface area contributed by atoms with Crippen LogP contribution in [0.2, 0.25) is 5.02 Å². The van der Waals surface area contributed by atoms with Crippen molar-refractivity contribution in [2.45, 2.75) is 25.8 Å². The van der Waals surface area contributed by atoms with E-state index >= 15 is 0 Å². The number of hydrogen-bond donors (Lipinski definition) is 2. The summed E-state index contributed by atoms with van der Waals surface area (Å²) < 4.78 is 13.1. The number of rotatable bonds is 5. The second-order valence-electron chi connectivity index (χ2n) is 6.95. The standard InChI is InChI=1S/C21H23ClFN3O2/c1-14(20(27)25-19-8-7-16(23)13-18(19)22)26-11-9-15(10-12-26)21(28)24-17-5-3-2-4-6-17/h2-8,13-15H,9-12H2,1H3,(H,24,28)(H,25,27)/t14-/m1/s1. The zero-order valence-electron chi connectivity index (χ0n) is 15.6. The van der Waals surface area contributed by atoms with Crippen LogP contribution in [0, 0.1) is 11.7 Å². The molecular formula is C21H23ClFN3O2. The summed E-state index contributed by atoms with van der Waals surface area (Å²) in [5.41, 5.74) is 1.18. The fourth-order valence-corrected chi connectivity index (χ4v) is 3.52. The highest BCUT2D eigenvalue weighted by atomic mass is 35.5. The Bertz CT molecular complexity index is 839. The Hall–Kier alpha value is -2.44. The molecule has 0 aliphatic carbocycles. The van der Waals surface area contributed by atoms with Crippen molar-refractivity contribution >= 4 is 34.8 Å². The molecule has 1 aliphatic rings. The highest BCUT2D eigenvalue weighted by Gasteiger charge is 2.30. The van der Waals surface area contributed by atoms with E-state index in [0.717, 1.165) is 5.69 Å². The van der Waals surface area contributed by atoms with E-state index < -0.39 is 5.82 Å². The summed E-state index contributed by atoms with van der Waals surface area (Å²) in [6.45, 7) is 3.12. The van der Waals surface area contributed by atoms with Crippen molar-refractivity contribution in [3.63, 3.8) is 0 Å². The summed E-state index contributed by atoms with van der Waals surface area (Å²) in [5.74, 6) is -0.716.